The monoisotopic (exact) mass is 371 g/mol. The number of amides is 1. The standard InChI is InChI=1S/C20H29N5O2/c1-20(2,3)22-17(26)14-24-10-7-11-25(13-12-24)15-18-21-19(23-27-18)16-8-5-4-6-9-16/h4-6,8-9H,7,10-15H2,1-3H3,(H,22,26). The number of hydrogen-bond acceptors (Lipinski definition) is 6. The molecule has 0 aliphatic carbocycles. The van der Waals surface area contributed by atoms with E-state index in [1.165, 1.54) is 0 Å². The normalized spacial score (nSPS) is 16.9. The zero-order valence-electron chi connectivity index (χ0n) is 16.4. The molecule has 2 heterocycles. The Morgan fingerprint density at radius 2 is 1.81 bits per heavy atom. The summed E-state index contributed by atoms with van der Waals surface area (Å²) in [5.74, 6) is 1.34. The average Bonchev–Trinajstić information content (AvgIpc) is 2.96. The Kier molecular flexibility index (Phi) is 6.23. The van der Waals surface area contributed by atoms with Crippen molar-refractivity contribution in [1.29, 1.82) is 0 Å². The summed E-state index contributed by atoms with van der Waals surface area (Å²) in [7, 11) is 0. The van der Waals surface area contributed by atoms with Crippen LogP contribution in [0.15, 0.2) is 34.9 Å². The Labute approximate surface area is 160 Å². The first kappa shape index (κ1) is 19.5. The van der Waals surface area contributed by atoms with Gasteiger partial charge in [-0.2, -0.15) is 4.98 Å². The van der Waals surface area contributed by atoms with E-state index >= 15 is 0 Å². The van der Waals surface area contributed by atoms with Crippen LogP contribution in [0.2, 0.25) is 0 Å². The smallest absolute Gasteiger partial charge is 0.241 e. The molecule has 1 aliphatic heterocycles. The van der Waals surface area contributed by atoms with Crippen molar-refractivity contribution in [2.45, 2.75) is 39.3 Å². The predicted octanol–water partition coefficient (Wildman–Crippen LogP) is 2.16. The van der Waals surface area contributed by atoms with Gasteiger partial charge in [-0.3, -0.25) is 14.6 Å². The van der Waals surface area contributed by atoms with Gasteiger partial charge >= 0.3 is 0 Å². The lowest BCUT2D eigenvalue weighted by molar-refractivity contribution is -0.123. The maximum absolute atomic E-state index is 12.1. The Bertz CT molecular complexity index is 738. The molecule has 1 aliphatic rings. The van der Waals surface area contributed by atoms with Crippen LogP contribution in [0.25, 0.3) is 11.4 Å². The first-order valence-corrected chi connectivity index (χ1v) is 9.53. The molecule has 0 radical (unpaired) electrons. The van der Waals surface area contributed by atoms with Crippen LogP contribution in [0.1, 0.15) is 33.1 Å². The van der Waals surface area contributed by atoms with Crippen molar-refractivity contribution >= 4 is 5.91 Å². The highest BCUT2D eigenvalue weighted by atomic mass is 16.5. The van der Waals surface area contributed by atoms with E-state index < -0.39 is 0 Å². The van der Waals surface area contributed by atoms with E-state index in [2.05, 4.69) is 25.3 Å². The van der Waals surface area contributed by atoms with E-state index in [0.717, 1.165) is 38.2 Å². The quantitative estimate of drug-likeness (QED) is 0.868. The summed E-state index contributed by atoms with van der Waals surface area (Å²) in [6, 6.07) is 9.84. The van der Waals surface area contributed by atoms with Crippen LogP contribution in [0.3, 0.4) is 0 Å². The largest absolute Gasteiger partial charge is 0.350 e. The third-order valence-electron chi connectivity index (χ3n) is 4.42. The van der Waals surface area contributed by atoms with E-state index in [1.807, 2.05) is 51.1 Å². The van der Waals surface area contributed by atoms with E-state index in [-0.39, 0.29) is 11.4 Å². The molecule has 0 bridgehead atoms. The van der Waals surface area contributed by atoms with E-state index in [1.54, 1.807) is 0 Å². The number of aromatic nitrogens is 2. The molecule has 7 nitrogen and oxygen atoms in total. The first-order chi connectivity index (χ1) is 12.9. The second-order valence-corrected chi connectivity index (χ2v) is 8.08. The minimum Gasteiger partial charge on any atom is -0.350 e. The van der Waals surface area contributed by atoms with Crippen LogP contribution in [-0.4, -0.2) is 64.1 Å². The lowest BCUT2D eigenvalue weighted by Gasteiger charge is -2.24. The Hall–Kier alpha value is -2.25. The molecule has 0 unspecified atom stereocenters. The summed E-state index contributed by atoms with van der Waals surface area (Å²) in [5.41, 5.74) is 0.767. The molecule has 1 fully saturated rings. The highest BCUT2D eigenvalue weighted by Crippen LogP contribution is 2.16. The SMILES string of the molecule is CC(C)(C)NC(=O)CN1CCCN(Cc2nc(-c3ccccc3)no2)CC1. The molecule has 1 N–H and O–H groups in total. The highest BCUT2D eigenvalue weighted by molar-refractivity contribution is 5.78. The number of rotatable bonds is 5. The van der Waals surface area contributed by atoms with Crippen LogP contribution >= 0.6 is 0 Å². The Morgan fingerprint density at radius 3 is 2.56 bits per heavy atom. The molecule has 1 aromatic heterocycles. The first-order valence-electron chi connectivity index (χ1n) is 9.53. The van der Waals surface area contributed by atoms with Gasteiger partial charge in [-0.05, 0) is 40.3 Å². The summed E-state index contributed by atoms with van der Waals surface area (Å²) in [5, 5.41) is 7.12. The lowest BCUT2D eigenvalue weighted by Crippen LogP contribution is -2.46. The van der Waals surface area contributed by atoms with Gasteiger partial charge in [0.25, 0.3) is 0 Å². The predicted molar refractivity (Wildman–Crippen MR) is 104 cm³/mol. The lowest BCUT2D eigenvalue weighted by atomic mass is 10.1. The van der Waals surface area contributed by atoms with E-state index in [9.17, 15) is 4.79 Å². The molecule has 0 saturated carbocycles. The van der Waals surface area contributed by atoms with Crippen LogP contribution in [0.5, 0.6) is 0 Å². The Morgan fingerprint density at radius 1 is 1.11 bits per heavy atom. The Balaban J connectivity index is 1.50. The van der Waals surface area contributed by atoms with Crippen molar-refractivity contribution in [3.05, 3.63) is 36.2 Å². The van der Waals surface area contributed by atoms with Gasteiger partial charge in [-0.25, -0.2) is 0 Å². The number of nitrogens with zero attached hydrogens (tertiary/aromatic N) is 4. The minimum absolute atomic E-state index is 0.0837. The molecular weight excluding hydrogens is 342 g/mol. The van der Waals surface area contributed by atoms with Gasteiger partial charge in [0.05, 0.1) is 13.1 Å². The number of carbonyl (C=O) groups is 1. The van der Waals surface area contributed by atoms with Crippen LogP contribution < -0.4 is 5.32 Å². The van der Waals surface area contributed by atoms with E-state index in [0.29, 0.717) is 24.8 Å². The fourth-order valence-corrected chi connectivity index (χ4v) is 3.22. The third-order valence-corrected chi connectivity index (χ3v) is 4.42. The van der Waals surface area contributed by atoms with Gasteiger partial charge in [-0.1, -0.05) is 35.5 Å². The molecule has 27 heavy (non-hydrogen) atoms. The van der Waals surface area contributed by atoms with Crippen molar-refractivity contribution < 1.29 is 9.32 Å². The number of carbonyl (C=O) groups excluding carboxylic acids is 1. The number of hydrogen-bond donors (Lipinski definition) is 1. The molecule has 0 spiro atoms. The molecule has 7 heteroatoms. The highest BCUT2D eigenvalue weighted by Gasteiger charge is 2.21. The zero-order valence-corrected chi connectivity index (χ0v) is 16.4. The summed E-state index contributed by atoms with van der Waals surface area (Å²) < 4.78 is 5.43. The van der Waals surface area contributed by atoms with Gasteiger partial charge in [0.1, 0.15) is 0 Å². The number of nitrogens with one attached hydrogen (secondary N) is 1. The molecule has 1 aromatic carbocycles. The van der Waals surface area contributed by atoms with Gasteiger partial charge in [0.2, 0.25) is 17.6 Å². The van der Waals surface area contributed by atoms with Crippen LogP contribution in [0.4, 0.5) is 0 Å². The molecule has 146 valence electrons. The van der Waals surface area contributed by atoms with Crippen LogP contribution in [0, 0.1) is 0 Å². The third kappa shape index (κ3) is 6.15. The maximum Gasteiger partial charge on any atom is 0.241 e. The molecular formula is C20H29N5O2. The topological polar surface area (TPSA) is 74.5 Å². The second kappa shape index (κ2) is 8.63. The van der Waals surface area contributed by atoms with Crippen molar-refractivity contribution in [1.82, 2.24) is 25.3 Å². The molecule has 0 atom stereocenters. The van der Waals surface area contributed by atoms with Gasteiger partial charge in [0, 0.05) is 24.2 Å². The van der Waals surface area contributed by atoms with Crippen molar-refractivity contribution in [3.63, 3.8) is 0 Å². The molecule has 3 rings (SSSR count). The second-order valence-electron chi connectivity index (χ2n) is 8.08. The van der Waals surface area contributed by atoms with Gasteiger partial charge in [0.15, 0.2) is 0 Å². The summed E-state index contributed by atoms with van der Waals surface area (Å²) in [6.45, 7) is 10.7. The minimum atomic E-state index is -0.191. The van der Waals surface area contributed by atoms with E-state index in [4.69, 9.17) is 4.52 Å². The fourth-order valence-electron chi connectivity index (χ4n) is 3.22. The average molecular weight is 371 g/mol. The van der Waals surface area contributed by atoms with Crippen molar-refractivity contribution in [2.24, 2.45) is 0 Å². The zero-order chi connectivity index (χ0) is 19.3. The molecule has 1 saturated heterocycles. The molecule has 2 aromatic rings. The summed E-state index contributed by atoms with van der Waals surface area (Å²) in [4.78, 5) is 21.2. The fraction of sp³-hybridized carbons (Fsp3) is 0.550. The summed E-state index contributed by atoms with van der Waals surface area (Å²) >= 11 is 0. The summed E-state index contributed by atoms with van der Waals surface area (Å²) in [6.07, 6.45) is 1.02. The van der Waals surface area contributed by atoms with Crippen molar-refractivity contribution in [3.8, 4) is 11.4 Å². The van der Waals surface area contributed by atoms with Gasteiger partial charge < -0.3 is 9.84 Å². The van der Waals surface area contributed by atoms with Gasteiger partial charge in [-0.15, -0.1) is 0 Å². The number of benzene rings is 1. The van der Waals surface area contributed by atoms with Crippen molar-refractivity contribution in [2.75, 3.05) is 32.7 Å². The molecule has 1 amide bonds. The van der Waals surface area contributed by atoms with Crippen LogP contribution in [-0.2, 0) is 11.3 Å². The maximum atomic E-state index is 12.1.